The van der Waals surface area contributed by atoms with E-state index < -0.39 is 4.92 Å². The van der Waals surface area contributed by atoms with Gasteiger partial charge in [-0.05, 0) is 11.6 Å². The predicted molar refractivity (Wildman–Crippen MR) is 77.1 cm³/mol. The van der Waals surface area contributed by atoms with Gasteiger partial charge in [0.15, 0.2) is 0 Å². The molecule has 1 amide bonds. The fourth-order valence-electron chi connectivity index (χ4n) is 1.88. The smallest absolute Gasteiger partial charge is 0.269 e. The normalized spacial score (nSPS) is 10.4. The molecule has 0 aliphatic carbocycles. The van der Waals surface area contributed by atoms with Crippen molar-refractivity contribution in [3.63, 3.8) is 0 Å². The van der Waals surface area contributed by atoms with E-state index in [0.29, 0.717) is 16.1 Å². The first-order valence-electron chi connectivity index (χ1n) is 6.05. The highest BCUT2D eigenvalue weighted by atomic mass is 35.5. The van der Waals surface area contributed by atoms with Crippen molar-refractivity contribution in [2.24, 2.45) is 7.05 Å². The number of nitro groups is 1. The summed E-state index contributed by atoms with van der Waals surface area (Å²) in [6.07, 6.45) is 3.07. The van der Waals surface area contributed by atoms with Crippen molar-refractivity contribution in [2.75, 3.05) is 7.05 Å². The van der Waals surface area contributed by atoms with Gasteiger partial charge in [0, 0.05) is 44.0 Å². The molecular weight excluding hydrogens is 296 g/mol. The van der Waals surface area contributed by atoms with Crippen molar-refractivity contribution in [2.45, 2.75) is 6.54 Å². The van der Waals surface area contributed by atoms with E-state index in [1.807, 2.05) is 0 Å². The molecule has 0 aliphatic heterocycles. The molecule has 0 saturated carbocycles. The average molecular weight is 309 g/mol. The van der Waals surface area contributed by atoms with Crippen molar-refractivity contribution in [3.05, 3.63) is 56.9 Å². The number of hydrogen-bond acceptors (Lipinski definition) is 4. The highest BCUT2D eigenvalue weighted by molar-refractivity contribution is 6.31. The lowest BCUT2D eigenvalue weighted by atomic mass is 10.2. The number of amides is 1. The SMILES string of the molecule is CN(Cc1cc([N+](=O)[O-])ccc1Cl)C(=O)c1cnn(C)c1. The van der Waals surface area contributed by atoms with Gasteiger partial charge in [-0.1, -0.05) is 11.6 Å². The molecule has 0 aliphatic rings. The summed E-state index contributed by atoms with van der Waals surface area (Å²) in [6, 6.07) is 4.15. The van der Waals surface area contributed by atoms with Crippen molar-refractivity contribution >= 4 is 23.2 Å². The minimum Gasteiger partial charge on any atom is -0.337 e. The van der Waals surface area contributed by atoms with E-state index in [0.717, 1.165) is 0 Å². The Bertz CT molecular complexity index is 698. The number of rotatable bonds is 4. The van der Waals surface area contributed by atoms with Gasteiger partial charge in [0.2, 0.25) is 0 Å². The summed E-state index contributed by atoms with van der Waals surface area (Å²) in [6.45, 7) is 0.175. The van der Waals surface area contributed by atoms with Crippen molar-refractivity contribution in [1.29, 1.82) is 0 Å². The van der Waals surface area contributed by atoms with Crippen LogP contribution in [0.15, 0.2) is 30.6 Å². The highest BCUT2D eigenvalue weighted by Crippen LogP contribution is 2.23. The number of halogens is 1. The van der Waals surface area contributed by atoms with E-state index in [2.05, 4.69) is 5.10 Å². The Morgan fingerprint density at radius 1 is 1.52 bits per heavy atom. The number of carbonyl (C=O) groups is 1. The molecule has 1 aromatic heterocycles. The molecule has 8 heteroatoms. The van der Waals surface area contributed by atoms with Gasteiger partial charge in [-0.2, -0.15) is 5.10 Å². The zero-order valence-electron chi connectivity index (χ0n) is 11.5. The molecule has 0 spiro atoms. The van der Waals surface area contributed by atoms with Gasteiger partial charge in [0.05, 0.1) is 16.7 Å². The lowest BCUT2D eigenvalue weighted by Gasteiger charge is -2.17. The highest BCUT2D eigenvalue weighted by Gasteiger charge is 2.17. The average Bonchev–Trinajstić information content (AvgIpc) is 2.86. The molecule has 7 nitrogen and oxygen atoms in total. The maximum Gasteiger partial charge on any atom is 0.269 e. The third-order valence-electron chi connectivity index (χ3n) is 2.95. The molecule has 0 fully saturated rings. The topological polar surface area (TPSA) is 81.3 Å². The predicted octanol–water partition coefficient (Wildman–Crippen LogP) is 2.25. The van der Waals surface area contributed by atoms with Gasteiger partial charge < -0.3 is 4.90 Å². The van der Waals surface area contributed by atoms with Crippen LogP contribution >= 0.6 is 11.6 Å². The van der Waals surface area contributed by atoms with E-state index >= 15 is 0 Å². The fourth-order valence-corrected chi connectivity index (χ4v) is 2.05. The molecule has 2 rings (SSSR count). The van der Waals surface area contributed by atoms with Crippen molar-refractivity contribution in [3.8, 4) is 0 Å². The molecule has 110 valence electrons. The van der Waals surface area contributed by atoms with E-state index in [9.17, 15) is 14.9 Å². The lowest BCUT2D eigenvalue weighted by Crippen LogP contribution is -2.26. The van der Waals surface area contributed by atoms with E-state index in [1.165, 1.54) is 34.0 Å². The molecule has 2 aromatic rings. The summed E-state index contributed by atoms with van der Waals surface area (Å²) in [5.74, 6) is -0.231. The maximum absolute atomic E-state index is 12.2. The number of nitro benzene ring substituents is 1. The molecule has 1 heterocycles. The zero-order chi connectivity index (χ0) is 15.6. The number of carbonyl (C=O) groups excluding carboxylic acids is 1. The zero-order valence-corrected chi connectivity index (χ0v) is 12.2. The van der Waals surface area contributed by atoms with E-state index in [-0.39, 0.29) is 18.1 Å². The first kappa shape index (κ1) is 15.0. The summed E-state index contributed by atoms with van der Waals surface area (Å²) in [4.78, 5) is 23.9. The molecule has 0 saturated heterocycles. The summed E-state index contributed by atoms with van der Waals surface area (Å²) in [5, 5.41) is 15.1. The van der Waals surface area contributed by atoms with Gasteiger partial charge in [0.25, 0.3) is 11.6 Å². The minimum atomic E-state index is -0.497. The summed E-state index contributed by atoms with van der Waals surface area (Å²) < 4.78 is 1.53. The first-order valence-corrected chi connectivity index (χ1v) is 6.43. The lowest BCUT2D eigenvalue weighted by molar-refractivity contribution is -0.384. The maximum atomic E-state index is 12.2. The molecule has 0 bridgehead atoms. The Kier molecular flexibility index (Phi) is 4.23. The quantitative estimate of drug-likeness (QED) is 0.641. The van der Waals surface area contributed by atoms with Crippen LogP contribution in [0.25, 0.3) is 0 Å². The molecule has 21 heavy (non-hydrogen) atoms. The number of non-ortho nitro benzene ring substituents is 1. The van der Waals surface area contributed by atoms with Crippen LogP contribution in [0.3, 0.4) is 0 Å². The number of aryl methyl sites for hydroxylation is 1. The van der Waals surface area contributed by atoms with Crippen LogP contribution < -0.4 is 0 Å². The third kappa shape index (κ3) is 3.38. The van der Waals surface area contributed by atoms with Crippen LogP contribution in [-0.4, -0.2) is 32.6 Å². The molecule has 0 N–H and O–H groups in total. The van der Waals surface area contributed by atoms with E-state index in [1.54, 1.807) is 20.3 Å². The van der Waals surface area contributed by atoms with Gasteiger partial charge in [-0.25, -0.2) is 0 Å². The second kappa shape index (κ2) is 5.92. The van der Waals surface area contributed by atoms with Crippen LogP contribution in [0.5, 0.6) is 0 Å². The second-order valence-corrected chi connectivity index (χ2v) is 5.00. The Hall–Kier alpha value is -2.41. The molecule has 0 radical (unpaired) electrons. The Balaban J connectivity index is 2.19. The Morgan fingerprint density at radius 3 is 2.81 bits per heavy atom. The van der Waals surface area contributed by atoms with Gasteiger partial charge in [-0.3, -0.25) is 19.6 Å². The summed E-state index contributed by atoms with van der Waals surface area (Å²) in [7, 11) is 3.32. The summed E-state index contributed by atoms with van der Waals surface area (Å²) >= 11 is 6.02. The van der Waals surface area contributed by atoms with Crippen LogP contribution in [0.4, 0.5) is 5.69 Å². The monoisotopic (exact) mass is 308 g/mol. The largest absolute Gasteiger partial charge is 0.337 e. The standard InChI is InChI=1S/C13H13ClN4O3/c1-16(13(19)10-6-15-17(2)8-10)7-9-5-11(18(20)21)3-4-12(9)14/h3-6,8H,7H2,1-2H3. The summed E-state index contributed by atoms with van der Waals surface area (Å²) in [5.41, 5.74) is 0.906. The van der Waals surface area contributed by atoms with Crippen LogP contribution in [0.2, 0.25) is 5.02 Å². The minimum absolute atomic E-state index is 0.0587. The fraction of sp³-hybridized carbons (Fsp3) is 0.231. The molecule has 1 aromatic carbocycles. The van der Waals surface area contributed by atoms with E-state index in [4.69, 9.17) is 11.6 Å². The number of benzene rings is 1. The van der Waals surface area contributed by atoms with Crippen LogP contribution in [-0.2, 0) is 13.6 Å². The number of hydrogen-bond donors (Lipinski definition) is 0. The van der Waals surface area contributed by atoms with Gasteiger partial charge in [0.1, 0.15) is 0 Å². The molecule has 0 unspecified atom stereocenters. The van der Waals surface area contributed by atoms with Crippen molar-refractivity contribution in [1.82, 2.24) is 14.7 Å². The van der Waals surface area contributed by atoms with Crippen LogP contribution in [0, 0.1) is 10.1 Å². The molecular formula is C13H13ClN4O3. The number of aromatic nitrogens is 2. The van der Waals surface area contributed by atoms with Crippen LogP contribution in [0.1, 0.15) is 15.9 Å². The van der Waals surface area contributed by atoms with Crippen molar-refractivity contribution < 1.29 is 9.72 Å². The Labute approximate surface area is 125 Å². The van der Waals surface area contributed by atoms with Gasteiger partial charge >= 0.3 is 0 Å². The molecule has 0 atom stereocenters. The number of nitrogens with zero attached hydrogens (tertiary/aromatic N) is 4. The first-order chi connectivity index (χ1) is 9.88. The third-order valence-corrected chi connectivity index (χ3v) is 3.31. The van der Waals surface area contributed by atoms with Gasteiger partial charge in [-0.15, -0.1) is 0 Å². The Morgan fingerprint density at radius 2 is 2.24 bits per heavy atom. The second-order valence-electron chi connectivity index (χ2n) is 4.60.